The molecule has 10 heteroatoms. The molecule has 4 rings (SSSR count). The van der Waals surface area contributed by atoms with Gasteiger partial charge in [-0.3, -0.25) is 14.6 Å². The van der Waals surface area contributed by atoms with Crippen molar-refractivity contribution in [3.63, 3.8) is 0 Å². The van der Waals surface area contributed by atoms with Gasteiger partial charge in [0, 0.05) is 57.5 Å². The Bertz CT molecular complexity index is 991. The molecule has 1 aromatic carbocycles. The summed E-state index contributed by atoms with van der Waals surface area (Å²) in [7, 11) is 4.75. The first kappa shape index (κ1) is 24.8. The average Bonchev–Trinajstić information content (AvgIpc) is 3.72. The summed E-state index contributed by atoms with van der Waals surface area (Å²) >= 11 is 0. The predicted octanol–water partition coefficient (Wildman–Crippen LogP) is 1.77. The zero-order valence-electron chi connectivity index (χ0n) is 20.8. The first-order chi connectivity index (χ1) is 16.9. The molecule has 1 aliphatic carbocycles. The quantitative estimate of drug-likeness (QED) is 0.559. The molecular weight excluding hydrogens is 452 g/mol. The van der Waals surface area contributed by atoms with Crippen LogP contribution in [0.4, 0.5) is 4.79 Å². The zero-order chi connectivity index (χ0) is 25.1. The molecule has 3 amide bonds. The van der Waals surface area contributed by atoms with Gasteiger partial charge >= 0.3 is 12.0 Å². The van der Waals surface area contributed by atoms with Crippen LogP contribution in [0.5, 0.6) is 11.5 Å². The second-order valence-electron chi connectivity index (χ2n) is 9.04. The molecule has 3 aliphatic rings. The van der Waals surface area contributed by atoms with Gasteiger partial charge in [0.1, 0.15) is 11.5 Å². The number of piperazine rings is 1. The number of benzene rings is 1. The van der Waals surface area contributed by atoms with E-state index < -0.39 is 12.0 Å². The van der Waals surface area contributed by atoms with Gasteiger partial charge in [0.2, 0.25) is 5.91 Å². The van der Waals surface area contributed by atoms with Gasteiger partial charge in [0.15, 0.2) is 0 Å². The number of methoxy groups -OCH3 is 2. The van der Waals surface area contributed by atoms with Gasteiger partial charge in [0.25, 0.3) is 0 Å². The summed E-state index contributed by atoms with van der Waals surface area (Å²) < 4.78 is 16.2. The maximum absolute atomic E-state index is 13.2. The van der Waals surface area contributed by atoms with Gasteiger partial charge in [0.05, 0.1) is 32.4 Å². The lowest BCUT2D eigenvalue weighted by Crippen LogP contribution is -2.53. The van der Waals surface area contributed by atoms with Crippen molar-refractivity contribution in [3.8, 4) is 11.5 Å². The van der Waals surface area contributed by atoms with Crippen LogP contribution in [-0.2, 0) is 14.3 Å². The van der Waals surface area contributed by atoms with E-state index in [1.165, 1.54) is 4.90 Å². The largest absolute Gasteiger partial charge is 0.497 e. The molecule has 1 saturated carbocycles. The van der Waals surface area contributed by atoms with Crippen LogP contribution >= 0.6 is 0 Å². The van der Waals surface area contributed by atoms with Crippen molar-refractivity contribution in [3.05, 3.63) is 35.0 Å². The minimum atomic E-state index is -0.727. The second kappa shape index (κ2) is 10.6. The number of nitrogens with one attached hydrogen (secondary N) is 1. The second-order valence-corrected chi connectivity index (χ2v) is 9.04. The van der Waals surface area contributed by atoms with E-state index >= 15 is 0 Å². The molecule has 35 heavy (non-hydrogen) atoms. The first-order valence-corrected chi connectivity index (χ1v) is 12.0. The third kappa shape index (κ3) is 5.37. The Labute approximate surface area is 205 Å². The van der Waals surface area contributed by atoms with Crippen molar-refractivity contribution >= 4 is 17.9 Å². The lowest BCUT2D eigenvalue weighted by Gasteiger charge is -2.39. The minimum absolute atomic E-state index is 0.202. The van der Waals surface area contributed by atoms with Crippen molar-refractivity contribution in [2.75, 3.05) is 60.6 Å². The molecule has 1 atom stereocenters. The average molecular weight is 487 g/mol. The molecule has 10 nitrogen and oxygen atoms in total. The monoisotopic (exact) mass is 486 g/mol. The van der Waals surface area contributed by atoms with E-state index in [2.05, 4.69) is 10.2 Å². The number of likely N-dealkylation sites (N-methyl/N-ethyl adjacent to an activating group) is 1. The van der Waals surface area contributed by atoms with E-state index in [-0.39, 0.29) is 24.5 Å². The zero-order valence-corrected chi connectivity index (χ0v) is 20.8. The van der Waals surface area contributed by atoms with E-state index in [0.29, 0.717) is 61.1 Å². The number of urea groups is 1. The van der Waals surface area contributed by atoms with Gasteiger partial charge < -0.3 is 24.4 Å². The van der Waals surface area contributed by atoms with Crippen LogP contribution in [-0.4, -0.2) is 93.2 Å². The van der Waals surface area contributed by atoms with E-state index in [1.54, 1.807) is 46.4 Å². The Morgan fingerprint density at radius 3 is 2.20 bits per heavy atom. The van der Waals surface area contributed by atoms with Crippen LogP contribution in [0.2, 0.25) is 0 Å². The standard InChI is InChI=1S/C25H34N4O6/c1-5-35-24(31)21-20(15-28-8-10-29(11-9-28)23(30)16-6-7-16)27(2)25(32)26-22(21)17-12-18(33-3)14-19(13-17)34-4/h12-14,16,22H,5-11,15H2,1-4H3,(H,26,32). The summed E-state index contributed by atoms with van der Waals surface area (Å²) in [6.07, 6.45) is 1.98. The number of carbonyl (C=O) groups excluding carboxylic acids is 3. The van der Waals surface area contributed by atoms with Crippen LogP contribution in [0.1, 0.15) is 31.4 Å². The third-order valence-electron chi connectivity index (χ3n) is 6.76. The maximum atomic E-state index is 13.2. The van der Waals surface area contributed by atoms with Gasteiger partial charge in [-0.1, -0.05) is 0 Å². The highest BCUT2D eigenvalue weighted by Crippen LogP contribution is 2.35. The molecule has 1 aromatic rings. The minimum Gasteiger partial charge on any atom is -0.497 e. The van der Waals surface area contributed by atoms with Gasteiger partial charge in [-0.15, -0.1) is 0 Å². The Hall–Kier alpha value is -3.27. The van der Waals surface area contributed by atoms with Crippen molar-refractivity contribution in [2.24, 2.45) is 5.92 Å². The van der Waals surface area contributed by atoms with Crippen LogP contribution in [0.15, 0.2) is 29.5 Å². The topological polar surface area (TPSA) is 101 Å². The molecule has 1 N–H and O–H groups in total. The molecule has 1 saturated heterocycles. The van der Waals surface area contributed by atoms with Crippen molar-refractivity contribution in [1.82, 2.24) is 20.0 Å². The first-order valence-electron chi connectivity index (χ1n) is 12.0. The molecular formula is C25H34N4O6. The molecule has 1 unspecified atom stereocenters. The highest BCUT2D eigenvalue weighted by atomic mass is 16.5. The molecule has 190 valence electrons. The summed E-state index contributed by atoms with van der Waals surface area (Å²) in [6.45, 7) is 4.98. The number of ether oxygens (including phenoxy) is 3. The van der Waals surface area contributed by atoms with E-state index in [0.717, 1.165) is 12.8 Å². The summed E-state index contributed by atoms with van der Waals surface area (Å²) in [5, 5.41) is 2.93. The number of hydrogen-bond donors (Lipinski definition) is 1. The van der Waals surface area contributed by atoms with Crippen LogP contribution in [0.3, 0.4) is 0 Å². The molecule has 0 bridgehead atoms. The van der Waals surface area contributed by atoms with Crippen LogP contribution < -0.4 is 14.8 Å². The Morgan fingerprint density at radius 1 is 1.03 bits per heavy atom. The summed E-state index contributed by atoms with van der Waals surface area (Å²) in [5.74, 6) is 1.07. The molecule has 2 heterocycles. The maximum Gasteiger partial charge on any atom is 0.338 e. The lowest BCUT2D eigenvalue weighted by molar-refractivity contribution is -0.139. The molecule has 2 aliphatic heterocycles. The predicted molar refractivity (Wildman–Crippen MR) is 128 cm³/mol. The molecule has 2 fully saturated rings. The highest BCUT2D eigenvalue weighted by Gasteiger charge is 2.39. The van der Waals surface area contributed by atoms with Crippen LogP contribution in [0, 0.1) is 5.92 Å². The highest BCUT2D eigenvalue weighted by molar-refractivity contribution is 5.95. The summed E-state index contributed by atoms with van der Waals surface area (Å²) in [5.41, 5.74) is 1.62. The van der Waals surface area contributed by atoms with E-state index in [9.17, 15) is 14.4 Å². The van der Waals surface area contributed by atoms with Crippen LogP contribution in [0.25, 0.3) is 0 Å². The van der Waals surface area contributed by atoms with Gasteiger partial charge in [-0.05, 0) is 37.5 Å². The van der Waals surface area contributed by atoms with Gasteiger partial charge in [-0.2, -0.15) is 0 Å². The van der Waals surface area contributed by atoms with Gasteiger partial charge in [-0.25, -0.2) is 9.59 Å². The summed E-state index contributed by atoms with van der Waals surface area (Å²) in [4.78, 5) is 44.2. The Balaban J connectivity index is 1.65. The number of carbonyl (C=O) groups is 3. The smallest absolute Gasteiger partial charge is 0.338 e. The number of hydrogen-bond acceptors (Lipinski definition) is 7. The lowest BCUT2D eigenvalue weighted by atomic mass is 9.93. The van der Waals surface area contributed by atoms with Crippen molar-refractivity contribution < 1.29 is 28.6 Å². The fraction of sp³-hybridized carbons (Fsp3) is 0.560. The summed E-state index contributed by atoms with van der Waals surface area (Å²) in [6, 6.07) is 4.24. The van der Waals surface area contributed by atoms with Crippen molar-refractivity contribution in [2.45, 2.75) is 25.8 Å². The Kier molecular flexibility index (Phi) is 7.49. The third-order valence-corrected chi connectivity index (χ3v) is 6.76. The molecule has 0 radical (unpaired) electrons. The van der Waals surface area contributed by atoms with Crippen molar-refractivity contribution in [1.29, 1.82) is 0 Å². The Morgan fingerprint density at radius 2 is 1.66 bits per heavy atom. The van der Waals surface area contributed by atoms with E-state index in [1.807, 2.05) is 4.90 Å². The number of rotatable bonds is 8. The molecule has 0 aromatic heterocycles. The number of esters is 1. The molecule has 0 spiro atoms. The normalized spacial score (nSPS) is 21.0. The van der Waals surface area contributed by atoms with E-state index in [4.69, 9.17) is 14.2 Å². The number of nitrogens with zero attached hydrogens (tertiary/aromatic N) is 3. The SMILES string of the molecule is CCOC(=O)C1=C(CN2CCN(C(=O)C3CC3)CC2)N(C)C(=O)NC1c1cc(OC)cc(OC)c1. The fourth-order valence-corrected chi connectivity index (χ4v) is 4.57. The fourth-order valence-electron chi connectivity index (χ4n) is 4.57. The number of amides is 3.